The van der Waals surface area contributed by atoms with Crippen LogP contribution in [0.15, 0.2) is 29.4 Å². The molecule has 0 aliphatic heterocycles. The molecule has 204 valence electrons. The molecule has 1 aliphatic carbocycles. The van der Waals surface area contributed by atoms with Gasteiger partial charge in [-0.2, -0.15) is 10.2 Å². The number of amides is 1. The SMILES string of the molecule is COc1cccc(OC)c1-c1cc(C(=O)N[C@@H](CCC2CCCCC2)C/C(=N/N)NN)nn1CC(C)C. The van der Waals surface area contributed by atoms with Crippen LogP contribution in [0.5, 0.6) is 11.5 Å². The molecule has 10 nitrogen and oxygen atoms in total. The number of amidine groups is 1. The number of hydrazine groups is 1. The van der Waals surface area contributed by atoms with E-state index in [2.05, 4.69) is 29.7 Å². The van der Waals surface area contributed by atoms with Crippen LogP contribution in [0.4, 0.5) is 0 Å². The first-order valence-electron chi connectivity index (χ1n) is 13.2. The first-order valence-corrected chi connectivity index (χ1v) is 13.2. The number of hydrazone groups is 1. The summed E-state index contributed by atoms with van der Waals surface area (Å²) in [5.41, 5.74) is 4.40. The number of carbonyl (C=O) groups excluding carboxylic acids is 1. The quantitative estimate of drug-likeness (QED) is 0.146. The highest BCUT2D eigenvalue weighted by atomic mass is 16.5. The van der Waals surface area contributed by atoms with E-state index >= 15 is 0 Å². The molecule has 1 fully saturated rings. The number of benzene rings is 1. The van der Waals surface area contributed by atoms with Gasteiger partial charge in [-0.3, -0.25) is 9.48 Å². The first kappa shape index (κ1) is 28.3. The van der Waals surface area contributed by atoms with Crippen molar-refractivity contribution in [3.05, 3.63) is 30.0 Å². The minimum atomic E-state index is -0.250. The Labute approximate surface area is 220 Å². The van der Waals surface area contributed by atoms with Crippen molar-refractivity contribution in [2.75, 3.05) is 14.2 Å². The average molecular weight is 514 g/mol. The summed E-state index contributed by atoms with van der Waals surface area (Å²) in [5.74, 6) is 13.6. The van der Waals surface area contributed by atoms with E-state index in [4.69, 9.17) is 26.3 Å². The van der Waals surface area contributed by atoms with Gasteiger partial charge in [0.1, 0.15) is 17.3 Å². The standard InChI is InChI=1S/C27H43N7O3/c1-18(2)17-34-22(26-23(36-3)11-8-12-24(26)37-4)16-21(33-34)27(35)30-20(15-25(31-28)32-29)14-13-19-9-6-5-7-10-19/h8,11-12,16,18-20H,5-7,9-10,13-15,17,28-29H2,1-4H3,(H,30,35)(H,31,32)/t20-/m0/s1. The van der Waals surface area contributed by atoms with Crippen LogP contribution in [0, 0.1) is 11.8 Å². The van der Waals surface area contributed by atoms with E-state index < -0.39 is 0 Å². The van der Waals surface area contributed by atoms with Crippen LogP contribution in [0.1, 0.15) is 75.7 Å². The van der Waals surface area contributed by atoms with E-state index in [1.165, 1.54) is 32.1 Å². The maximum Gasteiger partial charge on any atom is 0.272 e. The van der Waals surface area contributed by atoms with Gasteiger partial charge in [-0.05, 0) is 42.9 Å². The molecule has 1 atom stereocenters. The summed E-state index contributed by atoms with van der Waals surface area (Å²) in [5, 5.41) is 11.6. The zero-order chi connectivity index (χ0) is 26.8. The number of nitrogens with one attached hydrogen (secondary N) is 2. The van der Waals surface area contributed by atoms with Gasteiger partial charge in [-0.15, -0.1) is 0 Å². The number of rotatable bonds is 12. The lowest BCUT2D eigenvalue weighted by Crippen LogP contribution is -2.41. The van der Waals surface area contributed by atoms with Crippen LogP contribution in [-0.4, -0.2) is 41.8 Å². The van der Waals surface area contributed by atoms with Gasteiger partial charge in [0, 0.05) is 19.0 Å². The number of aromatic nitrogens is 2. The third-order valence-corrected chi connectivity index (χ3v) is 6.98. The first-order chi connectivity index (χ1) is 17.9. The smallest absolute Gasteiger partial charge is 0.272 e. The number of methoxy groups -OCH3 is 2. The molecule has 0 saturated heterocycles. The van der Waals surface area contributed by atoms with Gasteiger partial charge in [0.2, 0.25) is 0 Å². The van der Waals surface area contributed by atoms with Gasteiger partial charge < -0.3 is 26.1 Å². The summed E-state index contributed by atoms with van der Waals surface area (Å²) >= 11 is 0. The Morgan fingerprint density at radius 2 is 1.86 bits per heavy atom. The number of carbonyl (C=O) groups is 1. The van der Waals surface area contributed by atoms with Gasteiger partial charge in [0.15, 0.2) is 5.69 Å². The van der Waals surface area contributed by atoms with Gasteiger partial charge in [0.05, 0.1) is 25.5 Å². The number of nitrogens with zero attached hydrogens (tertiary/aromatic N) is 3. The van der Waals surface area contributed by atoms with Gasteiger partial charge >= 0.3 is 0 Å². The molecule has 1 aromatic heterocycles. The third kappa shape index (κ3) is 7.61. The van der Waals surface area contributed by atoms with Gasteiger partial charge in [-0.25, -0.2) is 5.84 Å². The Morgan fingerprint density at radius 3 is 2.43 bits per heavy atom. The second kappa shape index (κ2) is 13.9. The predicted molar refractivity (Wildman–Crippen MR) is 146 cm³/mol. The summed E-state index contributed by atoms with van der Waals surface area (Å²) in [7, 11) is 3.24. The van der Waals surface area contributed by atoms with Crippen LogP contribution < -0.4 is 31.9 Å². The zero-order valence-electron chi connectivity index (χ0n) is 22.6. The topological polar surface area (TPSA) is 142 Å². The molecule has 1 amide bonds. The number of hydrogen-bond acceptors (Lipinski definition) is 7. The lowest BCUT2D eigenvalue weighted by atomic mass is 9.85. The highest BCUT2D eigenvalue weighted by Gasteiger charge is 2.24. The van der Waals surface area contributed by atoms with E-state index in [0.717, 1.165) is 24.1 Å². The molecular formula is C27H43N7O3. The highest BCUT2D eigenvalue weighted by Crippen LogP contribution is 2.39. The predicted octanol–water partition coefficient (Wildman–Crippen LogP) is 3.81. The molecule has 0 unspecified atom stereocenters. The molecule has 1 aromatic carbocycles. The van der Waals surface area contributed by atoms with E-state index in [9.17, 15) is 4.79 Å². The Hall–Kier alpha value is -3.27. The van der Waals surface area contributed by atoms with E-state index in [1.54, 1.807) is 20.3 Å². The molecule has 0 bridgehead atoms. The third-order valence-electron chi connectivity index (χ3n) is 6.98. The van der Waals surface area contributed by atoms with Crippen molar-refractivity contribution in [2.24, 2.45) is 28.6 Å². The Morgan fingerprint density at radius 1 is 1.19 bits per heavy atom. The van der Waals surface area contributed by atoms with Crippen molar-refractivity contribution in [1.29, 1.82) is 0 Å². The van der Waals surface area contributed by atoms with Crippen molar-refractivity contribution < 1.29 is 14.3 Å². The molecule has 0 radical (unpaired) electrons. The van der Waals surface area contributed by atoms with Gasteiger partial charge in [-0.1, -0.05) is 52.0 Å². The molecule has 1 saturated carbocycles. The Balaban J connectivity index is 1.88. The fourth-order valence-electron chi connectivity index (χ4n) is 5.10. The summed E-state index contributed by atoms with van der Waals surface area (Å²) in [6.07, 6.45) is 8.65. The van der Waals surface area contributed by atoms with Crippen molar-refractivity contribution in [1.82, 2.24) is 20.5 Å². The van der Waals surface area contributed by atoms with Crippen molar-refractivity contribution in [3.8, 4) is 22.8 Å². The van der Waals surface area contributed by atoms with Crippen LogP contribution in [-0.2, 0) is 6.54 Å². The van der Waals surface area contributed by atoms with Crippen LogP contribution in [0.25, 0.3) is 11.3 Å². The molecule has 3 rings (SSSR count). The maximum absolute atomic E-state index is 13.5. The number of hydrogen-bond donors (Lipinski definition) is 4. The van der Waals surface area contributed by atoms with Crippen molar-refractivity contribution in [3.63, 3.8) is 0 Å². The summed E-state index contributed by atoms with van der Waals surface area (Å²) in [6, 6.07) is 7.25. The lowest BCUT2D eigenvalue weighted by Gasteiger charge is -2.25. The van der Waals surface area contributed by atoms with Crippen molar-refractivity contribution in [2.45, 2.75) is 77.8 Å². The van der Waals surface area contributed by atoms with E-state index in [0.29, 0.717) is 47.8 Å². The molecule has 2 aromatic rings. The zero-order valence-corrected chi connectivity index (χ0v) is 22.6. The molecule has 0 spiro atoms. The van der Waals surface area contributed by atoms with Gasteiger partial charge in [0.25, 0.3) is 5.91 Å². The van der Waals surface area contributed by atoms with Crippen LogP contribution in [0.2, 0.25) is 0 Å². The second-order valence-corrected chi connectivity index (χ2v) is 10.2. The molecule has 6 N–H and O–H groups in total. The normalized spacial score (nSPS) is 15.5. The largest absolute Gasteiger partial charge is 0.496 e. The van der Waals surface area contributed by atoms with Crippen LogP contribution >= 0.6 is 0 Å². The minimum absolute atomic E-state index is 0.174. The Bertz CT molecular complexity index is 1020. The second-order valence-electron chi connectivity index (χ2n) is 10.2. The number of nitrogens with two attached hydrogens (primary N) is 2. The van der Waals surface area contributed by atoms with Crippen LogP contribution in [0.3, 0.4) is 0 Å². The Kier molecular flexibility index (Phi) is 10.6. The molecule has 10 heteroatoms. The number of ether oxygens (including phenoxy) is 2. The summed E-state index contributed by atoms with van der Waals surface area (Å²) < 4.78 is 13.1. The van der Waals surface area contributed by atoms with E-state index in [-0.39, 0.29) is 11.9 Å². The molecular weight excluding hydrogens is 470 g/mol. The monoisotopic (exact) mass is 513 g/mol. The average Bonchev–Trinajstić information content (AvgIpc) is 3.32. The fraction of sp³-hybridized carbons (Fsp3) is 0.593. The maximum atomic E-state index is 13.5. The summed E-state index contributed by atoms with van der Waals surface area (Å²) in [4.78, 5) is 13.5. The van der Waals surface area contributed by atoms with E-state index in [1.807, 2.05) is 22.9 Å². The molecule has 1 aliphatic rings. The van der Waals surface area contributed by atoms with Crippen molar-refractivity contribution >= 4 is 11.7 Å². The molecule has 37 heavy (non-hydrogen) atoms. The highest BCUT2D eigenvalue weighted by molar-refractivity contribution is 5.94. The summed E-state index contributed by atoms with van der Waals surface area (Å²) in [6.45, 7) is 4.86. The fourth-order valence-corrected chi connectivity index (χ4v) is 5.10. The lowest BCUT2D eigenvalue weighted by molar-refractivity contribution is 0.0927. The molecule has 1 heterocycles. The minimum Gasteiger partial charge on any atom is -0.496 e.